The van der Waals surface area contributed by atoms with E-state index in [9.17, 15) is 0 Å². The Hall–Kier alpha value is -2.66. The number of fused-ring (bicyclic) bond motifs is 2. The van der Waals surface area contributed by atoms with Gasteiger partial charge >= 0.3 is 0 Å². The predicted molar refractivity (Wildman–Crippen MR) is 100 cm³/mol. The molecule has 5 nitrogen and oxygen atoms in total. The van der Waals surface area contributed by atoms with Crippen LogP contribution in [-0.4, -0.2) is 36.2 Å². The van der Waals surface area contributed by atoms with Gasteiger partial charge in [0.1, 0.15) is 23.5 Å². The van der Waals surface area contributed by atoms with Gasteiger partial charge in [0.25, 0.3) is 0 Å². The molecule has 0 aliphatic carbocycles. The molecule has 25 heavy (non-hydrogen) atoms. The first kappa shape index (κ1) is 15.8. The molecule has 1 atom stereocenters. The molecule has 0 fully saturated rings. The molecular weight excluding hydrogens is 312 g/mol. The highest BCUT2D eigenvalue weighted by molar-refractivity contribution is 5.89. The van der Waals surface area contributed by atoms with E-state index >= 15 is 0 Å². The van der Waals surface area contributed by atoms with Crippen LogP contribution in [-0.2, 0) is 12.8 Å². The van der Waals surface area contributed by atoms with Crippen molar-refractivity contribution in [1.29, 1.82) is 0 Å². The summed E-state index contributed by atoms with van der Waals surface area (Å²) < 4.78 is 6.08. The zero-order valence-electron chi connectivity index (χ0n) is 14.4. The Morgan fingerprint density at radius 1 is 1.12 bits per heavy atom. The number of nitrogens with two attached hydrogens (primary N) is 1. The minimum absolute atomic E-state index is 0.133. The summed E-state index contributed by atoms with van der Waals surface area (Å²) in [6, 6.07) is 16.4. The van der Waals surface area contributed by atoms with Crippen molar-refractivity contribution < 1.29 is 4.74 Å². The largest absolute Gasteiger partial charge is 0.488 e. The third-order valence-corrected chi connectivity index (χ3v) is 4.55. The van der Waals surface area contributed by atoms with Gasteiger partial charge < -0.3 is 15.4 Å². The van der Waals surface area contributed by atoms with Crippen molar-refractivity contribution >= 4 is 16.7 Å². The van der Waals surface area contributed by atoms with Crippen LogP contribution in [0.1, 0.15) is 11.4 Å². The lowest BCUT2D eigenvalue weighted by atomic mass is 10.1. The molecular formula is C20H22N4O. The number of aromatic nitrogens is 2. The van der Waals surface area contributed by atoms with Crippen LogP contribution in [0.15, 0.2) is 48.5 Å². The average Bonchev–Trinajstić information content (AvgIpc) is 3.03. The van der Waals surface area contributed by atoms with Crippen molar-refractivity contribution in [2.75, 3.05) is 25.0 Å². The van der Waals surface area contributed by atoms with Crippen LogP contribution in [0, 0.1) is 0 Å². The summed E-state index contributed by atoms with van der Waals surface area (Å²) >= 11 is 0. The van der Waals surface area contributed by atoms with Crippen molar-refractivity contribution in [3.63, 3.8) is 0 Å². The lowest BCUT2D eigenvalue weighted by molar-refractivity contribution is 0.239. The van der Waals surface area contributed by atoms with Gasteiger partial charge in [0.2, 0.25) is 0 Å². The Bertz CT molecular complexity index is 871. The van der Waals surface area contributed by atoms with E-state index < -0.39 is 0 Å². The lowest BCUT2D eigenvalue weighted by Gasteiger charge is -2.23. The fourth-order valence-electron chi connectivity index (χ4n) is 3.39. The van der Waals surface area contributed by atoms with Gasteiger partial charge in [0.15, 0.2) is 0 Å². The molecule has 0 unspecified atom stereocenters. The van der Waals surface area contributed by atoms with Crippen LogP contribution in [0.2, 0.25) is 0 Å². The fraction of sp³-hybridized carbons (Fsp3) is 0.300. The van der Waals surface area contributed by atoms with Crippen molar-refractivity contribution in [2.45, 2.75) is 18.9 Å². The SMILES string of the molecule is CN(C[C@H]1Cc2ccccc2O1)c1nc(CCN)nc2ccccc12. The van der Waals surface area contributed by atoms with Gasteiger partial charge in [-0.3, -0.25) is 0 Å². The summed E-state index contributed by atoms with van der Waals surface area (Å²) in [7, 11) is 2.06. The molecule has 5 heteroatoms. The first-order chi connectivity index (χ1) is 12.2. The number of likely N-dealkylation sites (N-methyl/N-ethyl adjacent to an activating group) is 1. The van der Waals surface area contributed by atoms with Gasteiger partial charge in [0, 0.05) is 25.3 Å². The zero-order valence-corrected chi connectivity index (χ0v) is 14.4. The van der Waals surface area contributed by atoms with Gasteiger partial charge in [-0.1, -0.05) is 30.3 Å². The normalized spacial score (nSPS) is 15.8. The maximum atomic E-state index is 6.08. The highest BCUT2D eigenvalue weighted by Gasteiger charge is 2.24. The van der Waals surface area contributed by atoms with Crippen LogP contribution < -0.4 is 15.4 Å². The van der Waals surface area contributed by atoms with Crippen LogP contribution in [0.25, 0.3) is 10.9 Å². The summed E-state index contributed by atoms with van der Waals surface area (Å²) in [5.74, 6) is 2.73. The van der Waals surface area contributed by atoms with E-state index in [0.717, 1.165) is 41.3 Å². The lowest BCUT2D eigenvalue weighted by Crippen LogP contribution is -2.33. The Kier molecular flexibility index (Phi) is 4.24. The Morgan fingerprint density at radius 2 is 1.92 bits per heavy atom. The van der Waals surface area contributed by atoms with Gasteiger partial charge in [-0.25, -0.2) is 9.97 Å². The van der Waals surface area contributed by atoms with Gasteiger partial charge in [0.05, 0.1) is 12.1 Å². The third kappa shape index (κ3) is 3.15. The molecule has 2 aromatic carbocycles. The second kappa shape index (κ2) is 6.69. The van der Waals surface area contributed by atoms with E-state index in [0.29, 0.717) is 13.0 Å². The summed E-state index contributed by atoms with van der Waals surface area (Å²) in [6.07, 6.45) is 1.74. The number of nitrogens with zero attached hydrogens (tertiary/aromatic N) is 3. The van der Waals surface area contributed by atoms with E-state index in [-0.39, 0.29) is 6.10 Å². The molecule has 0 amide bonds. The topological polar surface area (TPSA) is 64.3 Å². The highest BCUT2D eigenvalue weighted by Crippen LogP contribution is 2.30. The van der Waals surface area contributed by atoms with Crippen LogP contribution in [0.3, 0.4) is 0 Å². The number of benzene rings is 2. The minimum atomic E-state index is 0.133. The highest BCUT2D eigenvalue weighted by atomic mass is 16.5. The standard InChI is InChI=1S/C20H22N4O/c1-24(13-15-12-14-6-2-5-9-18(14)25-15)20-16-7-3-4-8-17(16)22-19(23-20)10-11-21/h2-9,15H,10-13,21H2,1H3/t15-/m1/s1. The molecule has 2 N–H and O–H groups in total. The number of anilines is 1. The molecule has 0 saturated heterocycles. The van der Waals surface area contributed by atoms with E-state index in [1.165, 1.54) is 5.56 Å². The van der Waals surface area contributed by atoms with Crippen molar-refractivity contribution in [3.05, 3.63) is 59.9 Å². The first-order valence-corrected chi connectivity index (χ1v) is 8.66. The maximum Gasteiger partial charge on any atom is 0.140 e. The summed E-state index contributed by atoms with van der Waals surface area (Å²) in [6.45, 7) is 1.32. The maximum absolute atomic E-state index is 6.08. The molecule has 1 aliphatic heterocycles. The van der Waals surface area contributed by atoms with E-state index in [2.05, 4.69) is 35.1 Å². The molecule has 4 rings (SSSR count). The molecule has 2 heterocycles. The Balaban J connectivity index is 1.60. The van der Waals surface area contributed by atoms with E-state index in [1.54, 1.807) is 0 Å². The predicted octanol–water partition coefficient (Wildman–Crippen LogP) is 2.57. The molecule has 3 aromatic rings. The molecule has 0 spiro atoms. The number of rotatable bonds is 5. The van der Waals surface area contributed by atoms with Crippen molar-refractivity contribution in [1.82, 2.24) is 9.97 Å². The molecule has 0 saturated carbocycles. The molecule has 1 aliphatic rings. The fourth-order valence-corrected chi connectivity index (χ4v) is 3.39. The first-order valence-electron chi connectivity index (χ1n) is 8.66. The van der Waals surface area contributed by atoms with Gasteiger partial charge in [-0.2, -0.15) is 0 Å². The zero-order chi connectivity index (χ0) is 17.2. The van der Waals surface area contributed by atoms with Crippen LogP contribution in [0.5, 0.6) is 5.75 Å². The molecule has 128 valence electrons. The summed E-state index contributed by atoms with van der Waals surface area (Å²) in [5, 5.41) is 1.06. The Morgan fingerprint density at radius 3 is 2.76 bits per heavy atom. The van der Waals surface area contributed by atoms with E-state index in [4.69, 9.17) is 15.5 Å². The second-order valence-corrected chi connectivity index (χ2v) is 6.45. The van der Waals surface area contributed by atoms with E-state index in [1.807, 2.05) is 30.3 Å². The van der Waals surface area contributed by atoms with Gasteiger partial charge in [-0.15, -0.1) is 0 Å². The number of para-hydroxylation sites is 2. The number of hydrogen-bond acceptors (Lipinski definition) is 5. The third-order valence-electron chi connectivity index (χ3n) is 4.55. The molecule has 0 bridgehead atoms. The van der Waals surface area contributed by atoms with Crippen LogP contribution in [0.4, 0.5) is 5.82 Å². The number of hydrogen-bond donors (Lipinski definition) is 1. The average molecular weight is 334 g/mol. The number of ether oxygens (including phenoxy) is 1. The van der Waals surface area contributed by atoms with Gasteiger partial charge in [-0.05, 0) is 30.3 Å². The molecule has 1 aromatic heterocycles. The second-order valence-electron chi connectivity index (χ2n) is 6.45. The molecule has 0 radical (unpaired) electrons. The quantitative estimate of drug-likeness (QED) is 0.777. The summed E-state index contributed by atoms with van der Waals surface area (Å²) in [5.41, 5.74) is 7.93. The Labute approximate surface area is 147 Å². The van der Waals surface area contributed by atoms with Crippen molar-refractivity contribution in [2.24, 2.45) is 5.73 Å². The van der Waals surface area contributed by atoms with Crippen molar-refractivity contribution in [3.8, 4) is 5.75 Å². The van der Waals surface area contributed by atoms with Crippen LogP contribution >= 0.6 is 0 Å². The monoisotopic (exact) mass is 334 g/mol. The summed E-state index contributed by atoms with van der Waals surface area (Å²) in [4.78, 5) is 11.6. The minimum Gasteiger partial charge on any atom is -0.488 e. The smallest absolute Gasteiger partial charge is 0.140 e.